The van der Waals surface area contributed by atoms with Gasteiger partial charge in [-0.25, -0.2) is 0 Å². The SMILES string of the molecule is Cc1ccc2c(c1)c(Cl)c(CO)n2C. The lowest BCUT2D eigenvalue weighted by atomic mass is 10.2. The number of aromatic nitrogens is 1. The summed E-state index contributed by atoms with van der Waals surface area (Å²) in [5.74, 6) is 0. The van der Waals surface area contributed by atoms with Gasteiger partial charge in [-0.1, -0.05) is 23.2 Å². The van der Waals surface area contributed by atoms with Crippen molar-refractivity contribution >= 4 is 22.5 Å². The Balaban J connectivity index is 2.87. The van der Waals surface area contributed by atoms with Gasteiger partial charge >= 0.3 is 0 Å². The topological polar surface area (TPSA) is 25.2 Å². The third-order valence-corrected chi connectivity index (χ3v) is 2.98. The van der Waals surface area contributed by atoms with Crippen LogP contribution in [-0.4, -0.2) is 9.67 Å². The Kier molecular flexibility index (Phi) is 2.25. The molecule has 0 aliphatic carbocycles. The van der Waals surface area contributed by atoms with Crippen molar-refractivity contribution in [2.45, 2.75) is 13.5 Å². The molecule has 0 radical (unpaired) electrons. The van der Waals surface area contributed by atoms with E-state index >= 15 is 0 Å². The Morgan fingerprint density at radius 2 is 2.14 bits per heavy atom. The molecule has 74 valence electrons. The average Bonchev–Trinajstić information content (AvgIpc) is 2.39. The molecule has 1 aromatic carbocycles. The van der Waals surface area contributed by atoms with Gasteiger partial charge in [0, 0.05) is 18.0 Å². The smallest absolute Gasteiger partial charge is 0.0848 e. The highest BCUT2D eigenvalue weighted by Crippen LogP contribution is 2.30. The molecule has 0 saturated heterocycles. The summed E-state index contributed by atoms with van der Waals surface area (Å²) in [6.07, 6.45) is 0. The molecular formula is C11H12ClNO. The van der Waals surface area contributed by atoms with Crippen LogP contribution in [0, 0.1) is 6.92 Å². The van der Waals surface area contributed by atoms with Crippen molar-refractivity contribution in [2.75, 3.05) is 0 Å². The standard InChI is InChI=1S/C11H12ClNO/c1-7-3-4-9-8(5-7)11(12)10(6-14)13(9)2/h3-5,14H,6H2,1-2H3. The molecule has 14 heavy (non-hydrogen) atoms. The van der Waals surface area contributed by atoms with Gasteiger partial charge in [0.25, 0.3) is 0 Å². The lowest BCUT2D eigenvalue weighted by molar-refractivity contribution is 0.273. The van der Waals surface area contributed by atoms with Gasteiger partial charge in [-0.05, 0) is 19.1 Å². The number of benzene rings is 1. The van der Waals surface area contributed by atoms with Gasteiger partial charge in [-0.3, -0.25) is 0 Å². The molecule has 0 fully saturated rings. The molecule has 0 atom stereocenters. The molecule has 2 nitrogen and oxygen atoms in total. The van der Waals surface area contributed by atoms with Gasteiger partial charge in [0.15, 0.2) is 0 Å². The van der Waals surface area contributed by atoms with Crippen molar-refractivity contribution in [3.8, 4) is 0 Å². The second-order valence-electron chi connectivity index (χ2n) is 3.50. The summed E-state index contributed by atoms with van der Waals surface area (Å²) in [6, 6.07) is 6.10. The molecule has 0 aliphatic heterocycles. The molecule has 0 aliphatic rings. The highest BCUT2D eigenvalue weighted by Gasteiger charge is 2.11. The fourth-order valence-corrected chi connectivity index (χ4v) is 2.08. The number of hydrogen-bond acceptors (Lipinski definition) is 1. The number of nitrogens with zero attached hydrogens (tertiary/aromatic N) is 1. The molecule has 1 aromatic heterocycles. The van der Waals surface area contributed by atoms with Crippen LogP contribution in [0.5, 0.6) is 0 Å². The second kappa shape index (κ2) is 3.30. The highest BCUT2D eigenvalue weighted by atomic mass is 35.5. The maximum absolute atomic E-state index is 9.16. The Hall–Kier alpha value is -0.990. The zero-order chi connectivity index (χ0) is 10.3. The van der Waals surface area contributed by atoms with Gasteiger partial charge in [0.05, 0.1) is 17.3 Å². The van der Waals surface area contributed by atoms with E-state index in [9.17, 15) is 0 Å². The van der Waals surface area contributed by atoms with E-state index in [2.05, 4.69) is 0 Å². The minimum atomic E-state index is -0.0247. The molecule has 2 aromatic rings. The average molecular weight is 210 g/mol. The van der Waals surface area contributed by atoms with Crippen molar-refractivity contribution in [3.63, 3.8) is 0 Å². The molecule has 0 spiro atoms. The van der Waals surface area contributed by atoms with Gasteiger partial charge in [-0.2, -0.15) is 0 Å². The van der Waals surface area contributed by atoms with Crippen LogP contribution >= 0.6 is 11.6 Å². The van der Waals surface area contributed by atoms with Crippen molar-refractivity contribution in [2.24, 2.45) is 7.05 Å². The zero-order valence-electron chi connectivity index (χ0n) is 8.21. The first-order valence-corrected chi connectivity index (χ1v) is 4.87. The Morgan fingerprint density at radius 1 is 1.43 bits per heavy atom. The lowest BCUT2D eigenvalue weighted by Gasteiger charge is -1.99. The molecule has 0 saturated carbocycles. The summed E-state index contributed by atoms with van der Waals surface area (Å²) in [5, 5.41) is 10.8. The summed E-state index contributed by atoms with van der Waals surface area (Å²) < 4.78 is 1.93. The second-order valence-corrected chi connectivity index (χ2v) is 3.88. The van der Waals surface area contributed by atoms with E-state index in [0.717, 1.165) is 16.6 Å². The third-order valence-electron chi connectivity index (χ3n) is 2.56. The zero-order valence-corrected chi connectivity index (χ0v) is 8.97. The van der Waals surface area contributed by atoms with Crippen molar-refractivity contribution in [1.29, 1.82) is 0 Å². The molecule has 2 rings (SSSR count). The predicted octanol–water partition coefficient (Wildman–Crippen LogP) is 2.63. The molecule has 1 heterocycles. The molecular weight excluding hydrogens is 198 g/mol. The molecule has 1 N–H and O–H groups in total. The van der Waals surface area contributed by atoms with E-state index in [1.54, 1.807) is 0 Å². The van der Waals surface area contributed by atoms with E-state index in [4.69, 9.17) is 16.7 Å². The minimum absolute atomic E-state index is 0.0247. The van der Waals surface area contributed by atoms with Crippen LogP contribution in [0.25, 0.3) is 10.9 Å². The first-order chi connectivity index (χ1) is 6.65. The summed E-state index contributed by atoms with van der Waals surface area (Å²) >= 11 is 6.15. The van der Waals surface area contributed by atoms with Gasteiger partial charge < -0.3 is 9.67 Å². The molecule has 0 unspecified atom stereocenters. The van der Waals surface area contributed by atoms with E-state index in [-0.39, 0.29) is 6.61 Å². The Labute approximate surface area is 87.7 Å². The largest absolute Gasteiger partial charge is 0.390 e. The monoisotopic (exact) mass is 209 g/mol. The summed E-state index contributed by atoms with van der Waals surface area (Å²) in [4.78, 5) is 0. The fraction of sp³-hybridized carbons (Fsp3) is 0.273. The van der Waals surface area contributed by atoms with E-state index < -0.39 is 0 Å². The molecule has 3 heteroatoms. The van der Waals surface area contributed by atoms with Crippen LogP contribution < -0.4 is 0 Å². The third kappa shape index (κ3) is 1.22. The number of aliphatic hydroxyl groups is 1. The maximum Gasteiger partial charge on any atom is 0.0848 e. The Bertz CT molecular complexity index is 487. The van der Waals surface area contributed by atoms with E-state index in [0.29, 0.717) is 5.02 Å². The number of aliphatic hydroxyl groups excluding tert-OH is 1. The van der Waals surface area contributed by atoms with Gasteiger partial charge in [-0.15, -0.1) is 0 Å². The minimum Gasteiger partial charge on any atom is -0.390 e. The predicted molar refractivity (Wildman–Crippen MR) is 58.6 cm³/mol. The van der Waals surface area contributed by atoms with Gasteiger partial charge in [0.1, 0.15) is 0 Å². The number of hydrogen-bond donors (Lipinski definition) is 1. The van der Waals surface area contributed by atoms with Crippen LogP contribution in [0.4, 0.5) is 0 Å². The van der Waals surface area contributed by atoms with E-state index in [1.165, 1.54) is 5.56 Å². The summed E-state index contributed by atoms with van der Waals surface area (Å²) in [6.45, 7) is 2.00. The highest BCUT2D eigenvalue weighted by molar-refractivity contribution is 6.36. The van der Waals surface area contributed by atoms with E-state index in [1.807, 2.05) is 36.7 Å². The number of rotatable bonds is 1. The molecule has 0 amide bonds. The van der Waals surface area contributed by atoms with Crippen LogP contribution in [0.1, 0.15) is 11.3 Å². The molecule has 0 bridgehead atoms. The van der Waals surface area contributed by atoms with Crippen molar-refractivity contribution in [1.82, 2.24) is 4.57 Å². The number of fused-ring (bicyclic) bond motifs is 1. The first kappa shape index (κ1) is 9.56. The number of aryl methyl sites for hydroxylation is 2. The van der Waals surface area contributed by atoms with Crippen molar-refractivity contribution in [3.05, 3.63) is 34.5 Å². The van der Waals surface area contributed by atoms with Crippen LogP contribution in [0.3, 0.4) is 0 Å². The van der Waals surface area contributed by atoms with Crippen LogP contribution in [-0.2, 0) is 13.7 Å². The number of halogens is 1. The first-order valence-electron chi connectivity index (χ1n) is 4.49. The van der Waals surface area contributed by atoms with Gasteiger partial charge in [0.2, 0.25) is 0 Å². The lowest BCUT2D eigenvalue weighted by Crippen LogP contribution is -1.95. The quantitative estimate of drug-likeness (QED) is 0.768. The maximum atomic E-state index is 9.16. The van der Waals surface area contributed by atoms with Crippen LogP contribution in [0.2, 0.25) is 5.02 Å². The Morgan fingerprint density at radius 3 is 2.79 bits per heavy atom. The van der Waals surface area contributed by atoms with Crippen molar-refractivity contribution < 1.29 is 5.11 Å². The summed E-state index contributed by atoms with van der Waals surface area (Å²) in [7, 11) is 1.91. The summed E-state index contributed by atoms with van der Waals surface area (Å²) in [5.41, 5.74) is 3.01. The fourth-order valence-electron chi connectivity index (χ4n) is 1.74. The van der Waals surface area contributed by atoms with Crippen LogP contribution in [0.15, 0.2) is 18.2 Å². The normalized spacial score (nSPS) is 11.1.